The molecule has 1 rings (SSSR count). The van der Waals surface area contributed by atoms with Crippen molar-refractivity contribution in [3.8, 4) is 0 Å². The van der Waals surface area contributed by atoms with Gasteiger partial charge in [0.25, 0.3) is 0 Å². The first kappa shape index (κ1) is 16.2. The molecule has 2 N–H and O–H groups in total. The molecule has 1 heterocycles. The van der Waals surface area contributed by atoms with Crippen molar-refractivity contribution < 1.29 is 14.3 Å². The van der Waals surface area contributed by atoms with Crippen molar-refractivity contribution in [2.45, 2.75) is 32.2 Å². The third-order valence-corrected chi connectivity index (χ3v) is 2.76. The van der Waals surface area contributed by atoms with Gasteiger partial charge >= 0.3 is 5.97 Å². The molecule has 5 nitrogen and oxygen atoms in total. The Morgan fingerprint density at radius 1 is 1.53 bits per heavy atom. The highest BCUT2D eigenvalue weighted by Gasteiger charge is 2.22. The molecule has 1 amide bonds. The second kappa shape index (κ2) is 8.31. The largest absolute Gasteiger partial charge is 0.469 e. The van der Waals surface area contributed by atoms with Gasteiger partial charge in [0.15, 0.2) is 0 Å². The first-order chi connectivity index (χ1) is 7.63. The molecule has 0 saturated carbocycles. The average molecular weight is 265 g/mol. The van der Waals surface area contributed by atoms with Crippen LogP contribution >= 0.6 is 12.4 Å². The summed E-state index contributed by atoms with van der Waals surface area (Å²) in [5.41, 5.74) is 0. The van der Waals surface area contributed by atoms with E-state index < -0.39 is 0 Å². The van der Waals surface area contributed by atoms with E-state index in [1.165, 1.54) is 7.11 Å². The van der Waals surface area contributed by atoms with E-state index in [0.29, 0.717) is 0 Å². The van der Waals surface area contributed by atoms with Gasteiger partial charge in [-0.1, -0.05) is 0 Å². The lowest BCUT2D eigenvalue weighted by molar-refractivity contribution is -0.141. The Morgan fingerprint density at radius 2 is 2.24 bits per heavy atom. The molecule has 0 bridgehead atoms. The summed E-state index contributed by atoms with van der Waals surface area (Å²) < 4.78 is 4.55. The number of amides is 1. The third-order valence-electron chi connectivity index (χ3n) is 2.76. The highest BCUT2D eigenvalue weighted by molar-refractivity contribution is 5.85. The molecule has 0 aromatic carbocycles. The highest BCUT2D eigenvalue weighted by atomic mass is 35.5. The van der Waals surface area contributed by atoms with Crippen LogP contribution in [0.3, 0.4) is 0 Å². The Balaban J connectivity index is 0.00000256. The minimum atomic E-state index is -0.297. The zero-order valence-corrected chi connectivity index (χ0v) is 11.1. The van der Waals surface area contributed by atoms with E-state index in [1.807, 2.05) is 6.92 Å². The summed E-state index contributed by atoms with van der Waals surface area (Å²) in [5.74, 6) is -0.230. The molecule has 0 aromatic rings. The van der Waals surface area contributed by atoms with Gasteiger partial charge in [-0.3, -0.25) is 9.59 Å². The van der Waals surface area contributed by atoms with Crippen molar-refractivity contribution in [2.75, 3.05) is 20.2 Å². The number of hydrogen-bond donors (Lipinski definition) is 2. The van der Waals surface area contributed by atoms with Crippen LogP contribution in [0.2, 0.25) is 0 Å². The van der Waals surface area contributed by atoms with Gasteiger partial charge in [0.2, 0.25) is 5.91 Å². The van der Waals surface area contributed by atoms with Crippen LogP contribution in [0.5, 0.6) is 0 Å². The average Bonchev–Trinajstić information content (AvgIpc) is 2.29. The number of halogens is 1. The van der Waals surface area contributed by atoms with Crippen molar-refractivity contribution in [3.05, 3.63) is 0 Å². The number of rotatable bonds is 4. The van der Waals surface area contributed by atoms with Gasteiger partial charge < -0.3 is 15.4 Å². The summed E-state index contributed by atoms with van der Waals surface area (Å²) in [6.45, 7) is 3.53. The molecule has 1 fully saturated rings. The van der Waals surface area contributed by atoms with E-state index in [-0.39, 0.29) is 42.7 Å². The van der Waals surface area contributed by atoms with Gasteiger partial charge in [0.05, 0.1) is 19.4 Å². The Labute approximate surface area is 108 Å². The number of carbonyl (C=O) groups excluding carboxylic acids is 2. The lowest BCUT2D eigenvalue weighted by atomic mass is 9.98. The predicted molar refractivity (Wildman–Crippen MR) is 67.1 cm³/mol. The molecule has 6 heteroatoms. The standard InChI is InChI=1S/C11H20N2O3.ClH/c1-8(6-10(14)16-2)13-11(15)9-4-3-5-12-7-9;/h8-9,12H,3-7H2,1-2H3,(H,13,15);1H/t8?,9-;/m1./s1. The van der Waals surface area contributed by atoms with Gasteiger partial charge in [0.1, 0.15) is 0 Å². The summed E-state index contributed by atoms with van der Waals surface area (Å²) in [6.07, 6.45) is 2.18. The molecule has 2 atom stereocenters. The summed E-state index contributed by atoms with van der Waals surface area (Å²) in [6, 6.07) is -0.165. The van der Waals surface area contributed by atoms with E-state index in [9.17, 15) is 9.59 Å². The SMILES string of the molecule is COC(=O)CC(C)NC(=O)[C@@H]1CCCNC1.Cl. The Morgan fingerprint density at radius 3 is 2.76 bits per heavy atom. The van der Waals surface area contributed by atoms with E-state index in [4.69, 9.17) is 0 Å². The Kier molecular flexibility index (Phi) is 7.91. The predicted octanol–water partition coefficient (Wildman–Crippen LogP) is 0.476. The minimum absolute atomic E-state index is 0. The van der Waals surface area contributed by atoms with Crippen molar-refractivity contribution in [3.63, 3.8) is 0 Å². The van der Waals surface area contributed by atoms with Gasteiger partial charge in [-0.2, -0.15) is 0 Å². The Hall–Kier alpha value is -0.810. The smallest absolute Gasteiger partial charge is 0.307 e. The van der Waals surface area contributed by atoms with Gasteiger partial charge in [-0.15, -0.1) is 12.4 Å². The normalized spacial score (nSPS) is 20.9. The van der Waals surface area contributed by atoms with Crippen molar-refractivity contribution in [1.29, 1.82) is 0 Å². The Bertz CT molecular complexity index is 255. The number of esters is 1. The molecule has 0 radical (unpaired) electrons. The van der Waals surface area contributed by atoms with Crippen LogP contribution < -0.4 is 10.6 Å². The number of hydrogen-bond acceptors (Lipinski definition) is 4. The molecule has 0 aromatic heterocycles. The van der Waals surface area contributed by atoms with Crippen LogP contribution in [0, 0.1) is 5.92 Å². The molecule has 17 heavy (non-hydrogen) atoms. The summed E-state index contributed by atoms with van der Waals surface area (Å²) >= 11 is 0. The van der Waals surface area contributed by atoms with Crippen molar-refractivity contribution in [2.24, 2.45) is 5.92 Å². The zero-order chi connectivity index (χ0) is 12.0. The summed E-state index contributed by atoms with van der Waals surface area (Å²) in [5, 5.41) is 6.02. The maximum Gasteiger partial charge on any atom is 0.307 e. The van der Waals surface area contributed by atoms with Gasteiger partial charge in [0, 0.05) is 12.6 Å². The topological polar surface area (TPSA) is 67.4 Å². The fraction of sp³-hybridized carbons (Fsp3) is 0.818. The van der Waals surface area contributed by atoms with Crippen LogP contribution in [0.25, 0.3) is 0 Å². The highest BCUT2D eigenvalue weighted by Crippen LogP contribution is 2.10. The number of methoxy groups -OCH3 is 1. The lowest BCUT2D eigenvalue weighted by Crippen LogP contribution is -2.44. The van der Waals surface area contributed by atoms with E-state index in [0.717, 1.165) is 25.9 Å². The van der Waals surface area contributed by atoms with E-state index in [1.54, 1.807) is 0 Å². The number of carbonyl (C=O) groups is 2. The van der Waals surface area contributed by atoms with Crippen molar-refractivity contribution in [1.82, 2.24) is 10.6 Å². The van der Waals surface area contributed by atoms with Crippen LogP contribution in [0.4, 0.5) is 0 Å². The van der Waals surface area contributed by atoms with Crippen LogP contribution in [-0.4, -0.2) is 38.1 Å². The maximum absolute atomic E-state index is 11.8. The third kappa shape index (κ3) is 5.89. The zero-order valence-electron chi connectivity index (χ0n) is 10.3. The quantitative estimate of drug-likeness (QED) is 0.725. The molecule has 100 valence electrons. The molecule has 1 unspecified atom stereocenters. The van der Waals surface area contributed by atoms with Crippen molar-refractivity contribution >= 4 is 24.3 Å². The fourth-order valence-corrected chi connectivity index (χ4v) is 1.82. The molecule has 1 aliphatic heterocycles. The molecule has 0 aliphatic carbocycles. The molecular weight excluding hydrogens is 244 g/mol. The molecule has 1 saturated heterocycles. The molecular formula is C11H21ClN2O3. The lowest BCUT2D eigenvalue weighted by Gasteiger charge is -2.23. The van der Waals surface area contributed by atoms with E-state index in [2.05, 4.69) is 15.4 Å². The molecule has 1 aliphatic rings. The molecule has 0 spiro atoms. The first-order valence-corrected chi connectivity index (χ1v) is 5.71. The maximum atomic E-state index is 11.8. The second-order valence-corrected chi connectivity index (χ2v) is 4.23. The van der Waals surface area contributed by atoms with Crippen LogP contribution in [0.15, 0.2) is 0 Å². The number of nitrogens with one attached hydrogen (secondary N) is 2. The second-order valence-electron chi connectivity index (χ2n) is 4.23. The van der Waals surface area contributed by atoms with Gasteiger partial charge in [-0.05, 0) is 26.3 Å². The number of piperidine rings is 1. The first-order valence-electron chi connectivity index (χ1n) is 5.71. The minimum Gasteiger partial charge on any atom is -0.469 e. The van der Waals surface area contributed by atoms with Crippen LogP contribution in [0.1, 0.15) is 26.2 Å². The van der Waals surface area contributed by atoms with Crippen LogP contribution in [-0.2, 0) is 14.3 Å². The summed E-state index contributed by atoms with van der Waals surface area (Å²) in [4.78, 5) is 22.8. The number of ether oxygens (including phenoxy) is 1. The summed E-state index contributed by atoms with van der Waals surface area (Å²) in [7, 11) is 1.35. The monoisotopic (exact) mass is 264 g/mol. The van der Waals surface area contributed by atoms with Gasteiger partial charge in [-0.25, -0.2) is 0 Å². The fourth-order valence-electron chi connectivity index (χ4n) is 1.82. The van der Waals surface area contributed by atoms with E-state index >= 15 is 0 Å².